The maximum Gasteiger partial charge on any atom is 0.159 e. The highest BCUT2D eigenvalue weighted by atomic mass is 19.1. The van der Waals surface area contributed by atoms with Crippen LogP contribution in [-0.4, -0.2) is 25.0 Å². The van der Waals surface area contributed by atoms with Gasteiger partial charge < -0.3 is 4.90 Å². The minimum Gasteiger partial charge on any atom is -0.368 e. The van der Waals surface area contributed by atoms with Crippen molar-refractivity contribution in [3.8, 4) is 0 Å². The SMILES string of the molecule is CC(=O)c1cccc(N2CCC(F)C2)c1. The van der Waals surface area contributed by atoms with Gasteiger partial charge in [0.05, 0.1) is 0 Å². The summed E-state index contributed by atoms with van der Waals surface area (Å²) in [6, 6.07) is 7.39. The lowest BCUT2D eigenvalue weighted by atomic mass is 10.1. The zero-order chi connectivity index (χ0) is 10.8. The third-order valence-electron chi connectivity index (χ3n) is 2.75. The number of hydrogen-bond donors (Lipinski definition) is 0. The molecule has 0 spiro atoms. The van der Waals surface area contributed by atoms with E-state index in [-0.39, 0.29) is 5.78 Å². The normalized spacial score (nSPS) is 20.7. The molecule has 3 heteroatoms. The summed E-state index contributed by atoms with van der Waals surface area (Å²) < 4.78 is 13.0. The third-order valence-corrected chi connectivity index (χ3v) is 2.75. The standard InChI is InChI=1S/C12H14FNO/c1-9(15)10-3-2-4-12(7-10)14-6-5-11(13)8-14/h2-4,7,11H,5-6,8H2,1H3. The van der Waals surface area contributed by atoms with Gasteiger partial charge in [0, 0.05) is 24.3 Å². The van der Waals surface area contributed by atoms with Crippen LogP contribution in [0.15, 0.2) is 24.3 Å². The summed E-state index contributed by atoms with van der Waals surface area (Å²) in [5.41, 5.74) is 1.64. The second kappa shape index (κ2) is 4.01. The number of Topliss-reactive ketones (excluding diaryl/α,β-unsaturated/α-hetero) is 1. The molecule has 0 N–H and O–H groups in total. The molecule has 1 fully saturated rings. The quantitative estimate of drug-likeness (QED) is 0.694. The van der Waals surface area contributed by atoms with Crippen molar-refractivity contribution in [1.82, 2.24) is 0 Å². The van der Waals surface area contributed by atoms with Crippen LogP contribution in [0.25, 0.3) is 0 Å². The van der Waals surface area contributed by atoms with Crippen molar-refractivity contribution in [3.63, 3.8) is 0 Å². The molecule has 1 aliphatic heterocycles. The summed E-state index contributed by atoms with van der Waals surface area (Å²) in [5.74, 6) is 0.0489. The van der Waals surface area contributed by atoms with Gasteiger partial charge in [-0.2, -0.15) is 0 Å². The zero-order valence-electron chi connectivity index (χ0n) is 8.74. The van der Waals surface area contributed by atoms with E-state index in [4.69, 9.17) is 0 Å². The Morgan fingerprint density at radius 3 is 2.93 bits per heavy atom. The monoisotopic (exact) mass is 207 g/mol. The number of carbonyl (C=O) groups is 1. The molecule has 1 unspecified atom stereocenters. The molecule has 15 heavy (non-hydrogen) atoms. The number of rotatable bonds is 2. The van der Waals surface area contributed by atoms with E-state index in [9.17, 15) is 9.18 Å². The van der Waals surface area contributed by atoms with Crippen molar-refractivity contribution < 1.29 is 9.18 Å². The molecular formula is C12H14FNO. The number of alkyl halides is 1. The third kappa shape index (κ3) is 2.17. The van der Waals surface area contributed by atoms with Crippen LogP contribution in [0.1, 0.15) is 23.7 Å². The van der Waals surface area contributed by atoms with E-state index in [1.165, 1.54) is 0 Å². The van der Waals surface area contributed by atoms with E-state index in [1.807, 2.05) is 23.1 Å². The molecule has 80 valence electrons. The molecule has 1 aromatic rings. The molecule has 1 aliphatic rings. The van der Waals surface area contributed by atoms with Crippen LogP contribution >= 0.6 is 0 Å². The maximum absolute atomic E-state index is 13.0. The molecule has 1 heterocycles. The number of nitrogens with zero attached hydrogens (tertiary/aromatic N) is 1. The fourth-order valence-corrected chi connectivity index (χ4v) is 1.87. The van der Waals surface area contributed by atoms with Crippen molar-refractivity contribution in [1.29, 1.82) is 0 Å². The molecule has 2 rings (SSSR count). The summed E-state index contributed by atoms with van der Waals surface area (Å²) in [6.07, 6.45) is -0.143. The molecule has 0 amide bonds. The Labute approximate surface area is 88.7 Å². The van der Waals surface area contributed by atoms with Gasteiger partial charge in [0.25, 0.3) is 0 Å². The molecule has 0 saturated carbocycles. The van der Waals surface area contributed by atoms with Gasteiger partial charge in [-0.05, 0) is 25.5 Å². The zero-order valence-corrected chi connectivity index (χ0v) is 8.74. The van der Waals surface area contributed by atoms with Crippen molar-refractivity contribution in [2.24, 2.45) is 0 Å². The van der Waals surface area contributed by atoms with Crippen molar-refractivity contribution in [2.45, 2.75) is 19.5 Å². The molecule has 1 aromatic carbocycles. The van der Waals surface area contributed by atoms with Gasteiger partial charge in [-0.15, -0.1) is 0 Å². The van der Waals surface area contributed by atoms with Crippen LogP contribution in [0.2, 0.25) is 0 Å². The molecule has 0 aliphatic carbocycles. The highest BCUT2D eigenvalue weighted by Crippen LogP contribution is 2.22. The average Bonchev–Trinajstić information content (AvgIpc) is 2.65. The first-order valence-electron chi connectivity index (χ1n) is 5.17. The lowest BCUT2D eigenvalue weighted by molar-refractivity contribution is 0.101. The van der Waals surface area contributed by atoms with Crippen molar-refractivity contribution in [3.05, 3.63) is 29.8 Å². The summed E-state index contributed by atoms with van der Waals surface area (Å²) >= 11 is 0. The van der Waals surface area contributed by atoms with Gasteiger partial charge in [0.15, 0.2) is 5.78 Å². The molecule has 2 nitrogen and oxygen atoms in total. The van der Waals surface area contributed by atoms with Crippen LogP contribution < -0.4 is 4.90 Å². The minimum absolute atomic E-state index is 0.0489. The molecule has 1 atom stereocenters. The second-order valence-electron chi connectivity index (χ2n) is 3.94. The molecule has 1 saturated heterocycles. The first-order chi connectivity index (χ1) is 7.16. The van der Waals surface area contributed by atoms with Crippen molar-refractivity contribution >= 4 is 11.5 Å². The summed E-state index contributed by atoms with van der Waals surface area (Å²) in [6.45, 7) is 2.73. The number of ketones is 1. The Balaban J connectivity index is 2.21. The largest absolute Gasteiger partial charge is 0.368 e. The highest BCUT2D eigenvalue weighted by molar-refractivity contribution is 5.94. The fraction of sp³-hybridized carbons (Fsp3) is 0.417. The smallest absolute Gasteiger partial charge is 0.159 e. The van der Waals surface area contributed by atoms with Gasteiger partial charge in [0.2, 0.25) is 0 Å². The fourth-order valence-electron chi connectivity index (χ4n) is 1.87. The van der Waals surface area contributed by atoms with Crippen LogP contribution in [-0.2, 0) is 0 Å². The molecule has 0 aromatic heterocycles. The van der Waals surface area contributed by atoms with E-state index in [0.717, 1.165) is 12.2 Å². The number of halogens is 1. The Bertz CT molecular complexity index is 378. The molecular weight excluding hydrogens is 193 g/mol. The van der Waals surface area contributed by atoms with Gasteiger partial charge in [-0.1, -0.05) is 12.1 Å². The number of benzene rings is 1. The minimum atomic E-state index is -0.731. The van der Waals surface area contributed by atoms with E-state index >= 15 is 0 Å². The predicted molar refractivity (Wildman–Crippen MR) is 58.2 cm³/mol. The topological polar surface area (TPSA) is 20.3 Å². The second-order valence-corrected chi connectivity index (χ2v) is 3.94. The van der Waals surface area contributed by atoms with Crippen LogP contribution in [0.3, 0.4) is 0 Å². The Hall–Kier alpha value is -1.38. The van der Waals surface area contributed by atoms with Gasteiger partial charge >= 0.3 is 0 Å². The van der Waals surface area contributed by atoms with E-state index < -0.39 is 6.17 Å². The lowest BCUT2D eigenvalue weighted by Gasteiger charge is -2.17. The van der Waals surface area contributed by atoms with Gasteiger partial charge in [0.1, 0.15) is 6.17 Å². The van der Waals surface area contributed by atoms with Crippen LogP contribution in [0.4, 0.5) is 10.1 Å². The van der Waals surface area contributed by atoms with Crippen LogP contribution in [0.5, 0.6) is 0 Å². The Kier molecular flexibility index (Phi) is 2.71. The summed E-state index contributed by atoms with van der Waals surface area (Å²) in [5, 5.41) is 0. The summed E-state index contributed by atoms with van der Waals surface area (Å²) in [7, 11) is 0. The molecule has 0 radical (unpaired) electrons. The maximum atomic E-state index is 13.0. The molecule has 0 bridgehead atoms. The highest BCUT2D eigenvalue weighted by Gasteiger charge is 2.22. The Morgan fingerprint density at radius 2 is 2.33 bits per heavy atom. The first kappa shape index (κ1) is 10.1. The summed E-state index contributed by atoms with van der Waals surface area (Å²) in [4.78, 5) is 13.2. The average molecular weight is 207 g/mol. The van der Waals surface area contributed by atoms with Gasteiger partial charge in [-0.25, -0.2) is 4.39 Å². The number of hydrogen-bond acceptors (Lipinski definition) is 2. The number of carbonyl (C=O) groups excluding carboxylic acids is 1. The van der Waals surface area contributed by atoms with Gasteiger partial charge in [-0.3, -0.25) is 4.79 Å². The van der Waals surface area contributed by atoms with E-state index in [1.54, 1.807) is 13.0 Å². The Morgan fingerprint density at radius 1 is 1.53 bits per heavy atom. The van der Waals surface area contributed by atoms with Crippen LogP contribution in [0, 0.1) is 0 Å². The first-order valence-corrected chi connectivity index (χ1v) is 5.17. The lowest BCUT2D eigenvalue weighted by Crippen LogP contribution is -2.20. The van der Waals surface area contributed by atoms with E-state index in [2.05, 4.69) is 0 Å². The number of anilines is 1. The van der Waals surface area contributed by atoms with Crippen molar-refractivity contribution in [2.75, 3.05) is 18.0 Å². The predicted octanol–water partition coefficient (Wildman–Crippen LogP) is 2.44. The van der Waals surface area contributed by atoms with E-state index in [0.29, 0.717) is 18.5 Å².